The van der Waals surface area contributed by atoms with Gasteiger partial charge in [-0.15, -0.1) is 0 Å². The molecule has 0 saturated carbocycles. The normalized spacial score (nSPS) is 10.9. The molecule has 0 aliphatic carbocycles. The van der Waals surface area contributed by atoms with Gasteiger partial charge in [0.15, 0.2) is 0 Å². The second-order valence-electron chi connectivity index (χ2n) is 8.36. The highest BCUT2D eigenvalue weighted by Crippen LogP contribution is 2.23. The second-order valence-corrected chi connectivity index (χ2v) is 8.36. The number of nitrogens with one attached hydrogen (secondary N) is 1. The molecule has 5 rings (SSSR count). The van der Waals surface area contributed by atoms with Crippen LogP contribution in [0.3, 0.4) is 0 Å². The number of nitrogens with zero attached hydrogens (tertiary/aromatic N) is 4. The molecule has 0 aliphatic rings. The third kappa shape index (κ3) is 6.55. The molecule has 7 nitrogen and oxygen atoms in total. The molecule has 0 spiro atoms. The summed E-state index contributed by atoms with van der Waals surface area (Å²) in [7, 11) is 0. The van der Waals surface area contributed by atoms with Crippen LogP contribution in [0.4, 0.5) is 5.69 Å². The van der Waals surface area contributed by atoms with Crippen molar-refractivity contribution in [1.82, 2.24) is 19.7 Å². The minimum absolute atomic E-state index is 0.252. The van der Waals surface area contributed by atoms with E-state index in [1.807, 2.05) is 71.5 Å². The van der Waals surface area contributed by atoms with Crippen LogP contribution >= 0.6 is 0 Å². The Morgan fingerprint density at radius 2 is 1.70 bits per heavy atom. The predicted octanol–water partition coefficient (Wildman–Crippen LogP) is 5.62. The number of amides is 1. The van der Waals surface area contributed by atoms with E-state index in [-0.39, 0.29) is 5.91 Å². The Balaban J connectivity index is 1.29. The summed E-state index contributed by atoms with van der Waals surface area (Å²) in [6.45, 7) is 1.02. The Hall–Kier alpha value is -5.04. The zero-order valence-corrected chi connectivity index (χ0v) is 20.1. The molecular formula is C30H25N5O2. The van der Waals surface area contributed by atoms with E-state index in [4.69, 9.17) is 9.84 Å². The molecule has 0 aliphatic heterocycles. The van der Waals surface area contributed by atoms with Gasteiger partial charge in [0.2, 0.25) is 5.91 Å². The quantitative estimate of drug-likeness (QED) is 0.273. The predicted molar refractivity (Wildman–Crippen MR) is 144 cm³/mol. The summed E-state index contributed by atoms with van der Waals surface area (Å²) >= 11 is 0. The number of pyridine rings is 2. The monoisotopic (exact) mass is 487 g/mol. The summed E-state index contributed by atoms with van der Waals surface area (Å²) < 4.78 is 7.71. The van der Waals surface area contributed by atoms with E-state index in [0.717, 1.165) is 27.9 Å². The first-order valence-corrected chi connectivity index (χ1v) is 11.9. The number of ether oxygens (including phenoxy) is 1. The zero-order valence-electron chi connectivity index (χ0n) is 20.1. The number of carbonyl (C=O) groups is 1. The van der Waals surface area contributed by atoms with E-state index in [1.165, 1.54) is 6.08 Å². The van der Waals surface area contributed by atoms with Crippen LogP contribution in [-0.2, 0) is 17.9 Å². The van der Waals surface area contributed by atoms with Gasteiger partial charge in [-0.25, -0.2) is 0 Å². The van der Waals surface area contributed by atoms with Gasteiger partial charge in [-0.2, -0.15) is 5.10 Å². The largest absolute Gasteiger partial charge is 0.489 e. The summed E-state index contributed by atoms with van der Waals surface area (Å²) in [6, 6.07) is 25.1. The fourth-order valence-electron chi connectivity index (χ4n) is 3.80. The third-order valence-electron chi connectivity index (χ3n) is 5.56. The number of aromatic nitrogens is 4. The van der Waals surface area contributed by atoms with Crippen LogP contribution < -0.4 is 10.1 Å². The van der Waals surface area contributed by atoms with Crippen molar-refractivity contribution in [2.24, 2.45) is 0 Å². The first-order chi connectivity index (χ1) is 18.2. The van der Waals surface area contributed by atoms with Gasteiger partial charge in [0, 0.05) is 65.5 Å². The van der Waals surface area contributed by atoms with Crippen LogP contribution in [0.2, 0.25) is 0 Å². The molecule has 3 aromatic heterocycles. The van der Waals surface area contributed by atoms with Crippen LogP contribution in [0.5, 0.6) is 5.75 Å². The van der Waals surface area contributed by atoms with Crippen molar-refractivity contribution < 1.29 is 9.53 Å². The van der Waals surface area contributed by atoms with Crippen LogP contribution in [0.1, 0.15) is 16.7 Å². The lowest BCUT2D eigenvalue weighted by Gasteiger charge is -2.08. The van der Waals surface area contributed by atoms with Gasteiger partial charge in [0.25, 0.3) is 0 Å². The highest BCUT2D eigenvalue weighted by atomic mass is 16.5. The van der Waals surface area contributed by atoms with E-state index < -0.39 is 0 Å². The molecule has 0 radical (unpaired) electrons. The van der Waals surface area contributed by atoms with Gasteiger partial charge in [0.1, 0.15) is 18.1 Å². The fraction of sp³-hybridized carbons (Fsp3) is 0.0667. The molecule has 0 unspecified atom stereocenters. The van der Waals surface area contributed by atoms with Crippen molar-refractivity contribution in [3.63, 3.8) is 0 Å². The van der Waals surface area contributed by atoms with Crippen LogP contribution in [0, 0.1) is 0 Å². The van der Waals surface area contributed by atoms with E-state index in [1.54, 1.807) is 36.9 Å². The van der Waals surface area contributed by atoms with E-state index in [0.29, 0.717) is 24.6 Å². The minimum Gasteiger partial charge on any atom is -0.489 e. The maximum atomic E-state index is 12.7. The van der Waals surface area contributed by atoms with Gasteiger partial charge < -0.3 is 10.1 Å². The van der Waals surface area contributed by atoms with Crippen LogP contribution in [0.15, 0.2) is 116 Å². The molecule has 5 aromatic rings. The van der Waals surface area contributed by atoms with Gasteiger partial charge >= 0.3 is 0 Å². The minimum atomic E-state index is -0.252. The lowest BCUT2D eigenvalue weighted by Crippen LogP contribution is -2.07. The Bertz CT molecular complexity index is 1480. The number of benzene rings is 2. The molecule has 0 saturated heterocycles. The lowest BCUT2D eigenvalue weighted by atomic mass is 10.1. The first kappa shape index (κ1) is 23.7. The average Bonchev–Trinajstić information content (AvgIpc) is 3.35. The van der Waals surface area contributed by atoms with Gasteiger partial charge in [-0.05, 0) is 42.0 Å². The van der Waals surface area contributed by atoms with Gasteiger partial charge in [-0.1, -0.05) is 42.5 Å². The number of anilines is 1. The summed E-state index contributed by atoms with van der Waals surface area (Å²) in [4.78, 5) is 21.0. The molecule has 182 valence electrons. The Labute approximate surface area is 215 Å². The summed E-state index contributed by atoms with van der Waals surface area (Å²) in [5, 5.41) is 7.67. The van der Waals surface area contributed by atoms with Crippen molar-refractivity contribution in [3.8, 4) is 17.0 Å². The van der Waals surface area contributed by atoms with Gasteiger partial charge in [-0.3, -0.25) is 19.4 Å². The first-order valence-electron chi connectivity index (χ1n) is 11.9. The van der Waals surface area contributed by atoms with E-state index in [9.17, 15) is 4.79 Å². The molecule has 1 amide bonds. The molecule has 37 heavy (non-hydrogen) atoms. The highest BCUT2D eigenvalue weighted by Gasteiger charge is 2.11. The van der Waals surface area contributed by atoms with Crippen molar-refractivity contribution >= 4 is 17.7 Å². The number of hydrogen-bond acceptors (Lipinski definition) is 5. The average molecular weight is 488 g/mol. The van der Waals surface area contributed by atoms with Crippen LogP contribution in [0.25, 0.3) is 17.3 Å². The zero-order chi connectivity index (χ0) is 25.3. The maximum absolute atomic E-state index is 12.7. The number of hydrogen-bond donors (Lipinski definition) is 1. The summed E-state index contributed by atoms with van der Waals surface area (Å²) in [5.41, 5.74) is 5.23. The summed E-state index contributed by atoms with van der Waals surface area (Å²) in [6.07, 6.45) is 12.2. The molecule has 0 atom stereocenters. The van der Waals surface area contributed by atoms with Gasteiger partial charge in [0.05, 0.1) is 6.54 Å². The third-order valence-corrected chi connectivity index (χ3v) is 5.56. The Kier molecular flexibility index (Phi) is 7.42. The van der Waals surface area contributed by atoms with Crippen molar-refractivity contribution in [2.75, 3.05) is 5.32 Å². The second kappa shape index (κ2) is 11.6. The molecule has 0 fully saturated rings. The highest BCUT2D eigenvalue weighted by molar-refractivity contribution is 6.02. The molecule has 0 bridgehead atoms. The smallest absolute Gasteiger partial charge is 0.248 e. The number of carbonyl (C=O) groups excluding carboxylic acids is 1. The molecule has 7 heteroatoms. The molecular weight excluding hydrogens is 462 g/mol. The Morgan fingerprint density at radius 3 is 2.49 bits per heavy atom. The summed E-state index contributed by atoms with van der Waals surface area (Å²) in [5.74, 6) is 0.407. The number of rotatable bonds is 9. The van der Waals surface area contributed by atoms with E-state index >= 15 is 0 Å². The van der Waals surface area contributed by atoms with E-state index in [2.05, 4.69) is 27.4 Å². The molecule has 1 N–H and O–H groups in total. The maximum Gasteiger partial charge on any atom is 0.248 e. The SMILES string of the molecule is O=C(C=Cc1cn(Cc2ccccc2)nc1-c1cccnc1)Nc1cccc(OCc2cccnc2)c1. The van der Waals surface area contributed by atoms with Crippen molar-refractivity contribution in [3.05, 3.63) is 133 Å². The van der Waals surface area contributed by atoms with Crippen molar-refractivity contribution in [2.45, 2.75) is 13.2 Å². The van der Waals surface area contributed by atoms with Crippen LogP contribution in [-0.4, -0.2) is 25.7 Å². The Morgan fingerprint density at radius 1 is 0.892 bits per heavy atom. The molecule has 3 heterocycles. The topological polar surface area (TPSA) is 81.9 Å². The molecule has 2 aromatic carbocycles. The standard InChI is InChI=1S/C30H25N5O2/c36-29(33-27-11-4-12-28(17-27)37-22-24-9-5-15-31-18-24)14-13-26-21-35(20-23-7-2-1-3-8-23)34-30(26)25-10-6-16-32-19-25/h1-19,21H,20,22H2,(H,33,36). The fourth-order valence-corrected chi connectivity index (χ4v) is 3.80. The van der Waals surface area contributed by atoms with Crippen molar-refractivity contribution in [1.29, 1.82) is 0 Å². The lowest BCUT2D eigenvalue weighted by molar-refractivity contribution is -0.111.